The topological polar surface area (TPSA) is 97.6 Å². The van der Waals surface area contributed by atoms with Gasteiger partial charge >= 0.3 is 0 Å². The number of hydrogen-bond acceptors (Lipinski definition) is 6. The summed E-state index contributed by atoms with van der Waals surface area (Å²) in [5.41, 5.74) is 3.07. The Labute approximate surface area is 195 Å². The summed E-state index contributed by atoms with van der Waals surface area (Å²) in [5, 5.41) is 14.6. The number of amides is 2. The van der Waals surface area contributed by atoms with Gasteiger partial charge in [0, 0.05) is 19.3 Å². The molecule has 0 fully saturated rings. The average Bonchev–Trinajstić information content (AvgIpc) is 3.27. The van der Waals surface area contributed by atoms with E-state index < -0.39 is 0 Å². The van der Waals surface area contributed by atoms with Crippen molar-refractivity contribution in [3.63, 3.8) is 0 Å². The fourth-order valence-electron chi connectivity index (χ4n) is 3.15. The second-order valence-electron chi connectivity index (χ2n) is 7.21. The third-order valence-corrected chi connectivity index (χ3v) is 5.83. The highest BCUT2D eigenvalue weighted by atomic mass is 32.2. The van der Waals surface area contributed by atoms with Crippen LogP contribution >= 0.6 is 11.8 Å². The standard InChI is InChI=1S/C24H23N5O3S/c1-32-20-9-5-8-18(12-20)14-25-22(30)16-33-24-28-27-21-11-10-19(15-29(21)24)23(31)26-13-17-6-3-2-4-7-17/h2-12,15H,13-14,16H2,1H3,(H,25,30)(H,26,31). The van der Waals surface area contributed by atoms with E-state index in [1.807, 2.05) is 54.6 Å². The van der Waals surface area contributed by atoms with Crippen LogP contribution in [-0.2, 0) is 17.9 Å². The molecule has 0 saturated carbocycles. The Bertz CT molecular complexity index is 1260. The fourth-order valence-corrected chi connectivity index (χ4v) is 3.89. The molecular weight excluding hydrogens is 438 g/mol. The smallest absolute Gasteiger partial charge is 0.253 e. The molecule has 0 aliphatic carbocycles. The highest BCUT2D eigenvalue weighted by molar-refractivity contribution is 7.99. The summed E-state index contributed by atoms with van der Waals surface area (Å²) < 4.78 is 6.92. The molecule has 2 aromatic heterocycles. The van der Waals surface area contributed by atoms with Crippen LogP contribution < -0.4 is 15.4 Å². The van der Waals surface area contributed by atoms with Crippen molar-refractivity contribution in [3.8, 4) is 5.75 Å². The summed E-state index contributed by atoms with van der Waals surface area (Å²) >= 11 is 1.26. The molecule has 0 radical (unpaired) electrons. The molecule has 0 atom stereocenters. The van der Waals surface area contributed by atoms with Crippen LogP contribution in [0.5, 0.6) is 5.75 Å². The quantitative estimate of drug-likeness (QED) is 0.372. The molecule has 9 heteroatoms. The number of nitrogens with zero attached hydrogens (tertiary/aromatic N) is 3. The van der Waals surface area contributed by atoms with Crippen LogP contribution in [0, 0.1) is 0 Å². The predicted molar refractivity (Wildman–Crippen MR) is 126 cm³/mol. The molecule has 8 nitrogen and oxygen atoms in total. The molecule has 168 valence electrons. The zero-order valence-electron chi connectivity index (χ0n) is 18.0. The third-order valence-electron chi connectivity index (χ3n) is 4.89. The lowest BCUT2D eigenvalue weighted by Crippen LogP contribution is -2.24. The van der Waals surface area contributed by atoms with Gasteiger partial charge in [-0.2, -0.15) is 0 Å². The van der Waals surface area contributed by atoms with Gasteiger partial charge in [-0.3, -0.25) is 14.0 Å². The maximum atomic E-state index is 12.6. The number of ether oxygens (including phenoxy) is 1. The summed E-state index contributed by atoms with van der Waals surface area (Å²) in [6.45, 7) is 0.845. The lowest BCUT2D eigenvalue weighted by molar-refractivity contribution is -0.118. The van der Waals surface area contributed by atoms with Crippen LogP contribution in [0.2, 0.25) is 0 Å². The molecule has 33 heavy (non-hydrogen) atoms. The van der Waals surface area contributed by atoms with E-state index in [9.17, 15) is 9.59 Å². The van der Waals surface area contributed by atoms with Gasteiger partial charge in [0.1, 0.15) is 5.75 Å². The molecule has 0 aliphatic rings. The number of fused-ring (bicyclic) bond motifs is 1. The van der Waals surface area contributed by atoms with Crippen molar-refractivity contribution < 1.29 is 14.3 Å². The number of nitrogens with one attached hydrogen (secondary N) is 2. The third kappa shape index (κ3) is 5.89. The predicted octanol–water partition coefficient (Wildman–Crippen LogP) is 3.08. The number of thioether (sulfide) groups is 1. The van der Waals surface area contributed by atoms with E-state index in [1.165, 1.54) is 11.8 Å². The lowest BCUT2D eigenvalue weighted by atomic mass is 10.2. The normalized spacial score (nSPS) is 10.7. The number of hydrogen-bond donors (Lipinski definition) is 2. The van der Waals surface area contributed by atoms with Crippen molar-refractivity contribution in [1.82, 2.24) is 25.2 Å². The Kier molecular flexibility index (Phi) is 7.21. The molecule has 4 rings (SSSR count). The molecular formula is C24H23N5O3S. The number of carbonyl (C=O) groups excluding carboxylic acids is 2. The minimum atomic E-state index is -0.193. The molecule has 2 aromatic carbocycles. The SMILES string of the molecule is COc1cccc(CNC(=O)CSc2nnc3ccc(C(=O)NCc4ccccc4)cn23)c1. The molecule has 2 N–H and O–H groups in total. The van der Waals surface area contributed by atoms with Gasteiger partial charge in [0.05, 0.1) is 18.4 Å². The van der Waals surface area contributed by atoms with Gasteiger partial charge in [-0.05, 0) is 35.4 Å². The van der Waals surface area contributed by atoms with Crippen LogP contribution in [-0.4, -0.2) is 39.3 Å². The fraction of sp³-hybridized carbons (Fsp3) is 0.167. The molecule has 4 aromatic rings. The first-order chi connectivity index (χ1) is 16.1. The van der Waals surface area contributed by atoms with Crippen molar-refractivity contribution in [2.75, 3.05) is 12.9 Å². The largest absolute Gasteiger partial charge is 0.497 e. The van der Waals surface area contributed by atoms with Crippen molar-refractivity contribution in [2.45, 2.75) is 18.2 Å². The number of rotatable bonds is 9. The number of pyridine rings is 1. The minimum absolute atomic E-state index is 0.128. The first kappa shape index (κ1) is 22.3. The Morgan fingerprint density at radius 3 is 2.55 bits per heavy atom. The zero-order chi connectivity index (χ0) is 23.0. The van der Waals surface area contributed by atoms with Crippen LogP contribution in [0.1, 0.15) is 21.5 Å². The van der Waals surface area contributed by atoms with E-state index >= 15 is 0 Å². The first-order valence-electron chi connectivity index (χ1n) is 10.3. The van der Waals surface area contributed by atoms with Gasteiger partial charge in [0.2, 0.25) is 5.91 Å². The van der Waals surface area contributed by atoms with Crippen molar-refractivity contribution in [2.24, 2.45) is 0 Å². The molecule has 0 spiro atoms. The molecule has 2 amide bonds. The summed E-state index contributed by atoms with van der Waals surface area (Å²) in [5.74, 6) is 0.599. The van der Waals surface area contributed by atoms with E-state index in [0.717, 1.165) is 16.9 Å². The summed E-state index contributed by atoms with van der Waals surface area (Å²) in [6, 6.07) is 20.7. The number of aromatic nitrogens is 3. The van der Waals surface area contributed by atoms with E-state index in [-0.39, 0.29) is 17.6 Å². The van der Waals surface area contributed by atoms with E-state index in [0.29, 0.717) is 29.5 Å². The summed E-state index contributed by atoms with van der Waals surface area (Å²) in [4.78, 5) is 24.9. The molecule has 2 heterocycles. The molecule has 0 unspecified atom stereocenters. The Balaban J connectivity index is 1.34. The number of carbonyl (C=O) groups is 2. The first-order valence-corrected chi connectivity index (χ1v) is 11.3. The Hall–Kier alpha value is -3.85. The molecule has 0 bridgehead atoms. The van der Waals surface area contributed by atoms with Gasteiger partial charge in [0.15, 0.2) is 10.8 Å². The van der Waals surface area contributed by atoms with Crippen LogP contribution in [0.3, 0.4) is 0 Å². The maximum absolute atomic E-state index is 12.6. The second kappa shape index (κ2) is 10.6. The minimum Gasteiger partial charge on any atom is -0.497 e. The summed E-state index contributed by atoms with van der Waals surface area (Å²) in [6.07, 6.45) is 1.69. The van der Waals surface area contributed by atoms with Crippen molar-refractivity contribution in [1.29, 1.82) is 0 Å². The van der Waals surface area contributed by atoms with E-state index in [4.69, 9.17) is 4.74 Å². The van der Waals surface area contributed by atoms with E-state index in [2.05, 4.69) is 20.8 Å². The van der Waals surface area contributed by atoms with Crippen molar-refractivity contribution in [3.05, 3.63) is 89.6 Å². The summed E-state index contributed by atoms with van der Waals surface area (Å²) in [7, 11) is 1.61. The van der Waals surface area contributed by atoms with Crippen LogP contribution in [0.25, 0.3) is 5.65 Å². The highest BCUT2D eigenvalue weighted by Gasteiger charge is 2.12. The second-order valence-corrected chi connectivity index (χ2v) is 8.16. The van der Waals surface area contributed by atoms with Gasteiger partial charge in [-0.25, -0.2) is 0 Å². The lowest BCUT2D eigenvalue weighted by Gasteiger charge is -2.07. The Morgan fingerprint density at radius 2 is 1.73 bits per heavy atom. The van der Waals surface area contributed by atoms with Gasteiger partial charge in [0.25, 0.3) is 5.91 Å². The number of methoxy groups -OCH3 is 1. The van der Waals surface area contributed by atoms with Crippen LogP contribution in [0.15, 0.2) is 78.1 Å². The number of benzene rings is 2. The van der Waals surface area contributed by atoms with Gasteiger partial charge in [-0.15, -0.1) is 10.2 Å². The highest BCUT2D eigenvalue weighted by Crippen LogP contribution is 2.18. The monoisotopic (exact) mass is 461 g/mol. The van der Waals surface area contributed by atoms with Gasteiger partial charge in [-0.1, -0.05) is 54.2 Å². The van der Waals surface area contributed by atoms with Gasteiger partial charge < -0.3 is 15.4 Å². The molecule has 0 aliphatic heterocycles. The average molecular weight is 462 g/mol. The van der Waals surface area contributed by atoms with Crippen molar-refractivity contribution >= 4 is 29.2 Å². The Morgan fingerprint density at radius 1 is 0.939 bits per heavy atom. The molecule has 0 saturated heterocycles. The van der Waals surface area contributed by atoms with E-state index in [1.54, 1.807) is 29.8 Å². The zero-order valence-corrected chi connectivity index (χ0v) is 18.8. The van der Waals surface area contributed by atoms with Crippen LogP contribution in [0.4, 0.5) is 0 Å². The maximum Gasteiger partial charge on any atom is 0.253 e.